The number of fused-ring (bicyclic) bond motifs is 1. The first-order valence-corrected chi connectivity index (χ1v) is 10.2. The lowest BCUT2D eigenvalue weighted by Gasteiger charge is -2.25. The second-order valence-corrected chi connectivity index (χ2v) is 7.89. The molecule has 2 atom stereocenters. The lowest BCUT2D eigenvalue weighted by Crippen LogP contribution is -2.29. The number of Topliss-reactive ketones (excluding diaryl/α,β-unsaturated/α-hetero) is 1. The summed E-state index contributed by atoms with van der Waals surface area (Å²) in [5, 5.41) is 11.2. The van der Waals surface area contributed by atoms with E-state index in [0.29, 0.717) is 23.2 Å². The zero-order valence-electron chi connectivity index (χ0n) is 17.2. The molecule has 0 aliphatic carbocycles. The Balaban J connectivity index is 1.68. The van der Waals surface area contributed by atoms with Crippen LogP contribution in [0.3, 0.4) is 0 Å². The zero-order valence-corrected chi connectivity index (χ0v) is 17.2. The third kappa shape index (κ3) is 3.22. The van der Waals surface area contributed by atoms with Gasteiger partial charge in [0.2, 0.25) is 0 Å². The van der Waals surface area contributed by atoms with Crippen molar-refractivity contribution in [3.8, 4) is 5.75 Å². The maximum Gasteiger partial charge on any atom is 0.300 e. The van der Waals surface area contributed by atoms with Crippen LogP contribution in [-0.4, -0.2) is 27.9 Å². The van der Waals surface area contributed by atoms with Crippen molar-refractivity contribution in [2.75, 3.05) is 4.90 Å². The Kier molecular flexibility index (Phi) is 4.74. The van der Waals surface area contributed by atoms with E-state index in [1.807, 2.05) is 6.92 Å². The molecule has 1 amide bonds. The van der Waals surface area contributed by atoms with Gasteiger partial charge in [0.05, 0.1) is 11.6 Å². The Labute approximate surface area is 183 Å². The van der Waals surface area contributed by atoms with E-state index in [0.717, 1.165) is 11.3 Å². The molecule has 0 bridgehead atoms. The summed E-state index contributed by atoms with van der Waals surface area (Å²) in [5.41, 5.74) is 2.20. The molecule has 2 aliphatic rings. The number of rotatable bonds is 3. The molecule has 2 aromatic carbocycles. The van der Waals surface area contributed by atoms with E-state index in [4.69, 9.17) is 4.74 Å². The quantitative estimate of drug-likeness (QED) is 0.383. The number of hydrogen-bond acceptors (Lipinski definition) is 5. The minimum absolute atomic E-state index is 0.0295. The van der Waals surface area contributed by atoms with Crippen molar-refractivity contribution < 1.29 is 23.8 Å². The second-order valence-electron chi connectivity index (χ2n) is 7.89. The lowest BCUT2D eigenvalue weighted by molar-refractivity contribution is -0.132. The number of carbonyl (C=O) groups is 2. The Morgan fingerprint density at radius 3 is 2.66 bits per heavy atom. The predicted molar refractivity (Wildman–Crippen MR) is 116 cm³/mol. The number of carbonyl (C=O) groups excluding carboxylic acids is 2. The number of aliphatic hydroxyl groups excluding tert-OH is 1. The molecule has 3 heterocycles. The standard InChI is InChI=1S/C25H19FN2O4/c1-14-11-17-12-15(4-9-20(17)32-14)23(29)21-22(16-3-2-10-27-13-16)28(25(31)24(21)30)19-7-5-18(26)6-8-19/h2-10,12-14,22,29H,11H2,1H3/b23-21-. The number of amides is 1. The highest BCUT2D eigenvalue weighted by molar-refractivity contribution is 6.51. The average molecular weight is 430 g/mol. The van der Waals surface area contributed by atoms with Gasteiger partial charge in [0, 0.05) is 30.1 Å². The molecule has 0 spiro atoms. The number of aliphatic hydroxyl groups is 1. The van der Waals surface area contributed by atoms with Gasteiger partial charge in [0.25, 0.3) is 11.7 Å². The van der Waals surface area contributed by atoms with Gasteiger partial charge in [-0.05, 0) is 66.6 Å². The first kappa shape index (κ1) is 19.9. The van der Waals surface area contributed by atoms with Crippen LogP contribution in [0.2, 0.25) is 0 Å². The highest BCUT2D eigenvalue weighted by atomic mass is 19.1. The van der Waals surface area contributed by atoms with Gasteiger partial charge in [0.1, 0.15) is 23.4 Å². The van der Waals surface area contributed by atoms with Crippen LogP contribution in [0.25, 0.3) is 5.76 Å². The smallest absolute Gasteiger partial charge is 0.300 e. The van der Waals surface area contributed by atoms with Crippen LogP contribution >= 0.6 is 0 Å². The minimum Gasteiger partial charge on any atom is -0.507 e. The van der Waals surface area contributed by atoms with Crippen molar-refractivity contribution >= 4 is 23.1 Å². The number of ketones is 1. The number of aromatic nitrogens is 1. The van der Waals surface area contributed by atoms with Crippen molar-refractivity contribution in [3.63, 3.8) is 0 Å². The van der Waals surface area contributed by atoms with Gasteiger partial charge >= 0.3 is 0 Å². The normalized spacial score (nSPS) is 21.5. The molecule has 3 aromatic rings. The van der Waals surface area contributed by atoms with Gasteiger partial charge in [-0.25, -0.2) is 4.39 Å². The molecular formula is C25H19FN2O4. The van der Waals surface area contributed by atoms with E-state index in [1.54, 1.807) is 42.7 Å². The van der Waals surface area contributed by atoms with Crippen LogP contribution in [0.15, 0.2) is 72.6 Å². The van der Waals surface area contributed by atoms with Crippen molar-refractivity contribution in [2.24, 2.45) is 0 Å². The summed E-state index contributed by atoms with van der Waals surface area (Å²) < 4.78 is 19.2. The molecule has 32 heavy (non-hydrogen) atoms. The molecule has 1 N–H and O–H groups in total. The fourth-order valence-electron chi connectivity index (χ4n) is 4.28. The highest BCUT2D eigenvalue weighted by Crippen LogP contribution is 2.42. The second kappa shape index (κ2) is 7.60. The van der Waals surface area contributed by atoms with Crippen LogP contribution in [0.4, 0.5) is 10.1 Å². The topological polar surface area (TPSA) is 79.7 Å². The van der Waals surface area contributed by atoms with E-state index in [1.165, 1.54) is 29.2 Å². The molecule has 1 fully saturated rings. The Morgan fingerprint density at radius 1 is 1.16 bits per heavy atom. The van der Waals surface area contributed by atoms with E-state index in [2.05, 4.69) is 4.98 Å². The fraction of sp³-hybridized carbons (Fsp3) is 0.160. The Hall–Kier alpha value is -4.00. The number of anilines is 1. The van der Waals surface area contributed by atoms with Gasteiger partial charge in [-0.2, -0.15) is 0 Å². The first-order valence-electron chi connectivity index (χ1n) is 10.2. The van der Waals surface area contributed by atoms with E-state index in [9.17, 15) is 19.1 Å². The number of nitrogens with zero attached hydrogens (tertiary/aromatic N) is 2. The monoisotopic (exact) mass is 430 g/mol. The van der Waals surface area contributed by atoms with Gasteiger partial charge in [-0.15, -0.1) is 0 Å². The summed E-state index contributed by atoms with van der Waals surface area (Å²) >= 11 is 0. The molecule has 6 nitrogen and oxygen atoms in total. The molecule has 2 unspecified atom stereocenters. The highest BCUT2D eigenvalue weighted by Gasteiger charge is 2.47. The minimum atomic E-state index is -0.905. The first-order chi connectivity index (χ1) is 15.4. The van der Waals surface area contributed by atoms with Gasteiger partial charge in [0.15, 0.2) is 0 Å². The molecule has 1 aromatic heterocycles. The van der Waals surface area contributed by atoms with Gasteiger partial charge in [-0.3, -0.25) is 19.5 Å². The van der Waals surface area contributed by atoms with E-state index >= 15 is 0 Å². The maximum atomic E-state index is 13.5. The summed E-state index contributed by atoms with van der Waals surface area (Å²) in [6, 6.07) is 13.0. The molecule has 7 heteroatoms. The summed E-state index contributed by atoms with van der Waals surface area (Å²) in [6.07, 6.45) is 3.84. The Bertz CT molecular complexity index is 1250. The molecular weight excluding hydrogens is 411 g/mol. The number of halogens is 1. The van der Waals surface area contributed by atoms with Gasteiger partial charge in [-0.1, -0.05) is 6.07 Å². The summed E-state index contributed by atoms with van der Waals surface area (Å²) in [7, 11) is 0. The molecule has 5 rings (SSSR count). The third-order valence-electron chi connectivity index (χ3n) is 5.72. The average Bonchev–Trinajstić information content (AvgIpc) is 3.30. The molecule has 0 saturated carbocycles. The van der Waals surface area contributed by atoms with Crippen LogP contribution in [-0.2, 0) is 16.0 Å². The van der Waals surface area contributed by atoms with E-state index in [-0.39, 0.29) is 17.4 Å². The molecule has 1 saturated heterocycles. The van der Waals surface area contributed by atoms with E-state index < -0.39 is 23.5 Å². The molecule has 160 valence electrons. The summed E-state index contributed by atoms with van der Waals surface area (Å²) in [6.45, 7) is 1.95. The molecule has 2 aliphatic heterocycles. The zero-order chi connectivity index (χ0) is 22.4. The molecule has 0 radical (unpaired) electrons. The Morgan fingerprint density at radius 2 is 1.94 bits per heavy atom. The predicted octanol–water partition coefficient (Wildman–Crippen LogP) is 4.17. The third-order valence-corrected chi connectivity index (χ3v) is 5.72. The summed E-state index contributed by atoms with van der Waals surface area (Å²) in [4.78, 5) is 31.5. The van der Waals surface area contributed by atoms with Crippen LogP contribution in [0.1, 0.15) is 29.7 Å². The van der Waals surface area contributed by atoms with Crippen LogP contribution in [0.5, 0.6) is 5.75 Å². The number of ether oxygens (including phenoxy) is 1. The van der Waals surface area contributed by atoms with Crippen molar-refractivity contribution in [2.45, 2.75) is 25.5 Å². The number of hydrogen-bond donors (Lipinski definition) is 1. The van der Waals surface area contributed by atoms with Crippen LogP contribution in [0, 0.1) is 5.82 Å². The van der Waals surface area contributed by atoms with Crippen LogP contribution < -0.4 is 9.64 Å². The van der Waals surface area contributed by atoms with Crippen molar-refractivity contribution in [1.29, 1.82) is 0 Å². The number of pyridine rings is 1. The largest absolute Gasteiger partial charge is 0.507 e. The van der Waals surface area contributed by atoms with Gasteiger partial charge < -0.3 is 9.84 Å². The number of benzene rings is 2. The SMILES string of the molecule is CC1Cc2cc(/C(O)=C3/C(=O)C(=O)N(c4ccc(F)cc4)C3c3cccnc3)ccc2O1. The van der Waals surface area contributed by atoms with Crippen molar-refractivity contribution in [3.05, 3.63) is 95.1 Å². The lowest BCUT2D eigenvalue weighted by atomic mass is 9.95. The summed E-state index contributed by atoms with van der Waals surface area (Å²) in [5.74, 6) is -1.61. The maximum absolute atomic E-state index is 13.5. The fourth-order valence-corrected chi connectivity index (χ4v) is 4.28. The van der Waals surface area contributed by atoms with Crippen molar-refractivity contribution in [1.82, 2.24) is 4.98 Å².